The Bertz CT molecular complexity index is 954. The molecule has 0 unspecified atom stereocenters. The van der Waals surface area contributed by atoms with Crippen LogP contribution in [-0.4, -0.2) is 77.2 Å². The highest BCUT2D eigenvalue weighted by atomic mass is 16.2. The molecular formula is C23H33N7O2. The second kappa shape index (κ2) is 10.7. The molecule has 2 aromatic rings. The number of carbonyl (C=O) groups excluding carboxylic acids is 1. The third-order valence-corrected chi connectivity index (χ3v) is 6.24. The number of nitrogens with one attached hydrogen (secondary N) is 2. The average Bonchev–Trinajstić information content (AvgIpc) is 3.03. The van der Waals surface area contributed by atoms with Crippen molar-refractivity contribution in [3.05, 3.63) is 52.6 Å². The molecule has 1 aromatic heterocycles. The van der Waals surface area contributed by atoms with E-state index in [9.17, 15) is 9.59 Å². The zero-order valence-corrected chi connectivity index (χ0v) is 18.5. The average molecular weight is 440 g/mol. The predicted molar refractivity (Wildman–Crippen MR) is 125 cm³/mol. The van der Waals surface area contributed by atoms with Gasteiger partial charge in [-0.05, 0) is 62.5 Å². The Hall–Kier alpha value is -2.75. The van der Waals surface area contributed by atoms with E-state index in [0.717, 1.165) is 57.7 Å². The molecule has 3 heterocycles. The van der Waals surface area contributed by atoms with E-state index in [2.05, 4.69) is 32.7 Å². The van der Waals surface area contributed by atoms with Crippen LogP contribution in [0.4, 0.5) is 10.6 Å². The van der Waals surface area contributed by atoms with Crippen LogP contribution in [0.15, 0.2) is 41.3 Å². The standard InChI is InChI=1S/C23H33N7O2/c24-19-2-1-12-28(14-8-19)13-7-18-3-5-20(6-4-18)30-15-9-21(27-23(30)32)26-22(31)29-16-10-25-11-17-29/h3-6,9,15,19,25H,1-2,7-8,10-14,16-17,24H2,(H,26,27,31,32)/t19-/m0/s1. The summed E-state index contributed by atoms with van der Waals surface area (Å²) in [5.41, 5.74) is 7.65. The number of piperazine rings is 1. The van der Waals surface area contributed by atoms with Gasteiger partial charge in [0.25, 0.3) is 0 Å². The number of hydrogen-bond acceptors (Lipinski definition) is 6. The summed E-state index contributed by atoms with van der Waals surface area (Å²) < 4.78 is 1.49. The Balaban J connectivity index is 1.34. The predicted octanol–water partition coefficient (Wildman–Crippen LogP) is 1.03. The number of carbonyl (C=O) groups is 1. The maximum absolute atomic E-state index is 12.5. The fraction of sp³-hybridized carbons (Fsp3) is 0.522. The fourth-order valence-electron chi connectivity index (χ4n) is 4.24. The first-order valence-electron chi connectivity index (χ1n) is 11.5. The van der Waals surface area contributed by atoms with Gasteiger partial charge in [-0.1, -0.05) is 12.1 Å². The topological polar surface area (TPSA) is 109 Å². The molecule has 2 aliphatic heterocycles. The van der Waals surface area contributed by atoms with Gasteiger partial charge in [-0.2, -0.15) is 4.98 Å². The molecule has 0 radical (unpaired) electrons. The SMILES string of the molecule is N[C@H]1CCCN(CCc2ccc(-n3ccc(NC(=O)N4CCNCC4)nc3=O)cc2)CC1. The molecule has 32 heavy (non-hydrogen) atoms. The molecule has 172 valence electrons. The Labute approximate surface area is 188 Å². The summed E-state index contributed by atoms with van der Waals surface area (Å²) in [4.78, 5) is 33.1. The van der Waals surface area contributed by atoms with Crippen LogP contribution in [0.5, 0.6) is 0 Å². The van der Waals surface area contributed by atoms with Crippen molar-refractivity contribution in [2.24, 2.45) is 5.73 Å². The van der Waals surface area contributed by atoms with Crippen molar-refractivity contribution in [3.63, 3.8) is 0 Å². The highest BCUT2D eigenvalue weighted by Gasteiger charge is 2.17. The molecule has 0 spiro atoms. The second-order valence-electron chi connectivity index (χ2n) is 8.58. The minimum atomic E-state index is -0.420. The van der Waals surface area contributed by atoms with Crippen molar-refractivity contribution in [1.82, 2.24) is 24.7 Å². The first-order valence-corrected chi connectivity index (χ1v) is 11.5. The molecule has 2 aliphatic rings. The van der Waals surface area contributed by atoms with Gasteiger partial charge >= 0.3 is 11.7 Å². The van der Waals surface area contributed by atoms with Crippen molar-refractivity contribution >= 4 is 11.8 Å². The van der Waals surface area contributed by atoms with E-state index in [4.69, 9.17) is 5.73 Å². The van der Waals surface area contributed by atoms with Crippen LogP contribution in [0, 0.1) is 0 Å². The number of nitrogens with two attached hydrogens (primary N) is 1. The van der Waals surface area contributed by atoms with Crippen LogP contribution in [0.2, 0.25) is 0 Å². The van der Waals surface area contributed by atoms with Gasteiger partial charge in [-0.15, -0.1) is 0 Å². The van der Waals surface area contributed by atoms with Crippen LogP contribution in [0.25, 0.3) is 5.69 Å². The number of urea groups is 1. The van der Waals surface area contributed by atoms with Gasteiger partial charge in [-0.25, -0.2) is 9.59 Å². The minimum absolute atomic E-state index is 0.230. The molecule has 0 bridgehead atoms. The summed E-state index contributed by atoms with van der Waals surface area (Å²) in [6.07, 6.45) is 5.98. The molecule has 4 rings (SSSR count). The molecule has 1 aromatic carbocycles. The summed E-state index contributed by atoms with van der Waals surface area (Å²) >= 11 is 0. The lowest BCUT2D eigenvalue weighted by Gasteiger charge is -2.27. The largest absolute Gasteiger partial charge is 0.354 e. The molecule has 0 aliphatic carbocycles. The number of nitrogens with zero attached hydrogens (tertiary/aromatic N) is 4. The smallest absolute Gasteiger partial charge is 0.328 e. The van der Waals surface area contributed by atoms with Gasteiger partial charge in [-0.3, -0.25) is 9.88 Å². The summed E-state index contributed by atoms with van der Waals surface area (Å²) in [6, 6.07) is 9.77. The van der Waals surface area contributed by atoms with Crippen molar-refractivity contribution in [2.75, 3.05) is 51.1 Å². The van der Waals surface area contributed by atoms with Gasteiger partial charge in [0.05, 0.1) is 5.69 Å². The Kier molecular flexibility index (Phi) is 7.51. The summed E-state index contributed by atoms with van der Waals surface area (Å²) in [7, 11) is 0. The van der Waals surface area contributed by atoms with Crippen LogP contribution in [-0.2, 0) is 6.42 Å². The molecule has 9 heteroatoms. The highest BCUT2D eigenvalue weighted by molar-refractivity contribution is 5.88. The quantitative estimate of drug-likeness (QED) is 0.642. The van der Waals surface area contributed by atoms with Gasteiger partial charge in [0, 0.05) is 45.0 Å². The molecule has 2 fully saturated rings. The van der Waals surface area contributed by atoms with E-state index >= 15 is 0 Å². The Morgan fingerprint density at radius 2 is 1.88 bits per heavy atom. The molecule has 9 nitrogen and oxygen atoms in total. The zero-order valence-electron chi connectivity index (χ0n) is 18.5. The van der Waals surface area contributed by atoms with Crippen molar-refractivity contribution in [2.45, 2.75) is 31.7 Å². The van der Waals surface area contributed by atoms with Crippen LogP contribution >= 0.6 is 0 Å². The Morgan fingerprint density at radius 3 is 2.62 bits per heavy atom. The third kappa shape index (κ3) is 5.93. The van der Waals surface area contributed by atoms with E-state index in [1.54, 1.807) is 17.2 Å². The fourth-order valence-corrected chi connectivity index (χ4v) is 4.24. The molecule has 2 amide bonds. The van der Waals surface area contributed by atoms with E-state index in [-0.39, 0.29) is 11.8 Å². The van der Waals surface area contributed by atoms with Gasteiger partial charge in [0.2, 0.25) is 0 Å². The molecule has 1 atom stereocenters. The maximum Gasteiger partial charge on any atom is 0.354 e. The monoisotopic (exact) mass is 439 g/mol. The Morgan fingerprint density at radius 1 is 1.09 bits per heavy atom. The van der Waals surface area contributed by atoms with E-state index in [1.165, 1.54) is 16.6 Å². The number of hydrogen-bond donors (Lipinski definition) is 3. The summed E-state index contributed by atoms with van der Waals surface area (Å²) in [5.74, 6) is 0.267. The number of aromatic nitrogens is 2. The van der Waals surface area contributed by atoms with Gasteiger partial charge in [0.15, 0.2) is 0 Å². The summed E-state index contributed by atoms with van der Waals surface area (Å²) in [6.45, 7) is 6.02. The highest BCUT2D eigenvalue weighted by Crippen LogP contribution is 2.13. The zero-order chi connectivity index (χ0) is 22.3. The lowest BCUT2D eigenvalue weighted by Crippen LogP contribution is -2.48. The second-order valence-corrected chi connectivity index (χ2v) is 8.58. The normalized spacial score (nSPS) is 20.0. The summed E-state index contributed by atoms with van der Waals surface area (Å²) in [5, 5.41) is 5.92. The van der Waals surface area contributed by atoms with Gasteiger partial charge < -0.3 is 20.9 Å². The lowest BCUT2D eigenvalue weighted by atomic mass is 10.1. The van der Waals surface area contributed by atoms with E-state index in [0.29, 0.717) is 19.1 Å². The van der Waals surface area contributed by atoms with Crippen molar-refractivity contribution in [3.8, 4) is 5.69 Å². The molecule has 4 N–H and O–H groups in total. The lowest BCUT2D eigenvalue weighted by molar-refractivity contribution is 0.204. The van der Waals surface area contributed by atoms with Crippen molar-refractivity contribution < 1.29 is 4.79 Å². The number of likely N-dealkylation sites (tertiary alicyclic amines) is 1. The molecular weight excluding hydrogens is 406 g/mol. The maximum atomic E-state index is 12.5. The minimum Gasteiger partial charge on any atom is -0.328 e. The molecule has 0 saturated carbocycles. The number of anilines is 1. The van der Waals surface area contributed by atoms with E-state index in [1.807, 2.05) is 12.1 Å². The van der Waals surface area contributed by atoms with Crippen LogP contribution < -0.4 is 22.1 Å². The number of rotatable bonds is 5. The first kappa shape index (κ1) is 22.4. The van der Waals surface area contributed by atoms with Gasteiger partial charge in [0.1, 0.15) is 5.82 Å². The van der Waals surface area contributed by atoms with Crippen LogP contribution in [0.3, 0.4) is 0 Å². The van der Waals surface area contributed by atoms with Crippen molar-refractivity contribution in [1.29, 1.82) is 0 Å². The number of benzene rings is 1. The molecule has 2 saturated heterocycles. The van der Waals surface area contributed by atoms with Crippen LogP contribution in [0.1, 0.15) is 24.8 Å². The first-order chi connectivity index (χ1) is 15.6. The number of amides is 2. The van der Waals surface area contributed by atoms with E-state index < -0.39 is 5.69 Å². The third-order valence-electron chi connectivity index (χ3n) is 6.24.